The van der Waals surface area contributed by atoms with E-state index in [1.54, 1.807) is 30.3 Å². The third-order valence-electron chi connectivity index (χ3n) is 3.56. The zero-order valence-corrected chi connectivity index (χ0v) is 13.8. The van der Waals surface area contributed by atoms with Gasteiger partial charge in [0, 0.05) is 25.7 Å². The van der Waals surface area contributed by atoms with Gasteiger partial charge in [0.1, 0.15) is 5.75 Å². The van der Waals surface area contributed by atoms with Gasteiger partial charge in [-0.15, -0.1) is 0 Å². The van der Waals surface area contributed by atoms with E-state index in [1.807, 2.05) is 18.2 Å². The van der Waals surface area contributed by atoms with E-state index in [4.69, 9.17) is 9.47 Å². The molecule has 128 valence electrons. The van der Waals surface area contributed by atoms with Gasteiger partial charge in [-0.25, -0.2) is 9.59 Å². The number of phenols is 1. The quantitative estimate of drug-likeness (QED) is 0.507. The Kier molecular flexibility index (Phi) is 4.19. The Balaban J connectivity index is 1.80. The molecular formula is C19H17NO5. The van der Waals surface area contributed by atoms with Crippen molar-refractivity contribution in [2.45, 2.75) is 19.6 Å². The van der Waals surface area contributed by atoms with Gasteiger partial charge in [0.2, 0.25) is 0 Å². The summed E-state index contributed by atoms with van der Waals surface area (Å²) in [7, 11) is 0. The van der Waals surface area contributed by atoms with Crippen molar-refractivity contribution >= 4 is 17.6 Å². The highest BCUT2D eigenvalue weighted by molar-refractivity contribution is 6.15. The Labute approximate surface area is 144 Å². The summed E-state index contributed by atoms with van der Waals surface area (Å²) in [6, 6.07) is 14.2. The second-order valence-electron chi connectivity index (χ2n) is 6.01. The van der Waals surface area contributed by atoms with Crippen LogP contribution >= 0.6 is 0 Å². The molecule has 0 atom stereocenters. The first kappa shape index (κ1) is 16.6. The summed E-state index contributed by atoms with van der Waals surface area (Å²) in [4.78, 5) is 23.8. The molecule has 1 aliphatic heterocycles. The Morgan fingerprint density at radius 3 is 2.24 bits per heavy atom. The largest absolute Gasteiger partial charge is 0.508 e. The molecule has 0 bridgehead atoms. The minimum absolute atomic E-state index is 0.194. The average molecular weight is 339 g/mol. The number of nitrogens with one attached hydrogen (secondary N) is 1. The molecule has 1 saturated heterocycles. The van der Waals surface area contributed by atoms with Crippen molar-refractivity contribution in [2.75, 3.05) is 5.32 Å². The lowest BCUT2D eigenvalue weighted by molar-refractivity contribution is -0.222. The highest BCUT2D eigenvalue weighted by Crippen LogP contribution is 2.26. The number of ether oxygens (including phenoxy) is 2. The first-order chi connectivity index (χ1) is 11.8. The van der Waals surface area contributed by atoms with Crippen LogP contribution in [0.3, 0.4) is 0 Å². The molecule has 2 aromatic rings. The predicted molar refractivity (Wildman–Crippen MR) is 91.5 cm³/mol. The molecule has 1 aliphatic rings. The van der Waals surface area contributed by atoms with Gasteiger partial charge in [-0.2, -0.15) is 0 Å². The lowest BCUT2D eigenvalue weighted by Crippen LogP contribution is -2.42. The Hall–Kier alpha value is -3.28. The zero-order valence-electron chi connectivity index (χ0n) is 13.8. The summed E-state index contributed by atoms with van der Waals surface area (Å²) in [5.41, 5.74) is 2.32. The number of cyclic esters (lactones) is 2. The van der Waals surface area contributed by atoms with Crippen LogP contribution in [0.2, 0.25) is 0 Å². The van der Waals surface area contributed by atoms with Crippen molar-refractivity contribution in [3.05, 3.63) is 60.3 Å². The molecule has 0 aliphatic carbocycles. The molecule has 0 amide bonds. The molecule has 25 heavy (non-hydrogen) atoms. The van der Waals surface area contributed by atoms with Gasteiger partial charge in [-0.1, -0.05) is 24.3 Å². The van der Waals surface area contributed by atoms with Gasteiger partial charge < -0.3 is 19.9 Å². The van der Waals surface area contributed by atoms with Gasteiger partial charge in [0.25, 0.3) is 5.79 Å². The molecule has 0 spiro atoms. The van der Waals surface area contributed by atoms with Gasteiger partial charge in [-0.3, -0.25) is 0 Å². The number of anilines is 1. The van der Waals surface area contributed by atoms with E-state index >= 15 is 0 Å². The first-order valence-electron chi connectivity index (χ1n) is 7.67. The van der Waals surface area contributed by atoms with Crippen LogP contribution in [0.5, 0.6) is 5.75 Å². The lowest BCUT2D eigenvalue weighted by Gasteiger charge is -2.29. The number of esters is 2. The minimum atomic E-state index is -1.26. The number of aromatic hydroxyl groups is 1. The molecule has 0 radical (unpaired) electrons. The minimum Gasteiger partial charge on any atom is -0.508 e. The number of hydrogen-bond donors (Lipinski definition) is 2. The van der Waals surface area contributed by atoms with E-state index in [0.717, 1.165) is 11.1 Å². The van der Waals surface area contributed by atoms with Crippen LogP contribution in [-0.2, 0) is 19.1 Å². The lowest BCUT2D eigenvalue weighted by atomic mass is 10.1. The highest BCUT2D eigenvalue weighted by atomic mass is 16.7. The maximum Gasteiger partial charge on any atom is 0.350 e. The van der Waals surface area contributed by atoms with E-state index in [-0.39, 0.29) is 11.3 Å². The number of carbonyl (C=O) groups is 2. The topological polar surface area (TPSA) is 84.9 Å². The molecule has 0 saturated carbocycles. The van der Waals surface area contributed by atoms with Gasteiger partial charge in [0.15, 0.2) is 5.57 Å². The van der Waals surface area contributed by atoms with Crippen LogP contribution in [-0.4, -0.2) is 22.8 Å². The van der Waals surface area contributed by atoms with E-state index in [9.17, 15) is 14.7 Å². The van der Waals surface area contributed by atoms with E-state index in [2.05, 4.69) is 5.32 Å². The maximum absolute atomic E-state index is 11.9. The number of benzene rings is 2. The molecular weight excluding hydrogens is 322 g/mol. The fourth-order valence-corrected chi connectivity index (χ4v) is 2.38. The highest BCUT2D eigenvalue weighted by Gasteiger charge is 2.38. The van der Waals surface area contributed by atoms with Crippen LogP contribution in [0.25, 0.3) is 11.1 Å². The molecule has 6 heteroatoms. The zero-order chi connectivity index (χ0) is 18.0. The molecule has 2 aromatic carbocycles. The van der Waals surface area contributed by atoms with Gasteiger partial charge in [-0.05, 0) is 35.4 Å². The smallest absolute Gasteiger partial charge is 0.350 e. The van der Waals surface area contributed by atoms with E-state index < -0.39 is 17.7 Å². The molecule has 6 nitrogen and oxygen atoms in total. The van der Waals surface area contributed by atoms with Crippen molar-refractivity contribution in [3.8, 4) is 16.9 Å². The summed E-state index contributed by atoms with van der Waals surface area (Å²) in [5, 5.41) is 12.3. The number of phenolic OH excluding ortho intramolecular Hbond substituents is 1. The Bertz CT molecular complexity index is 830. The third kappa shape index (κ3) is 3.80. The van der Waals surface area contributed by atoms with E-state index in [1.165, 1.54) is 20.0 Å². The monoisotopic (exact) mass is 339 g/mol. The normalized spacial score (nSPS) is 16.0. The van der Waals surface area contributed by atoms with Crippen molar-refractivity contribution < 1.29 is 24.2 Å². The fraction of sp³-hybridized carbons (Fsp3) is 0.158. The predicted octanol–water partition coefficient (Wildman–Crippen LogP) is 3.19. The summed E-state index contributed by atoms with van der Waals surface area (Å²) in [5.74, 6) is -2.53. The summed E-state index contributed by atoms with van der Waals surface area (Å²) >= 11 is 0. The number of carbonyl (C=O) groups excluding carboxylic acids is 2. The SMILES string of the molecule is CC1(C)OC(=O)C(=CNc2cccc(-c3ccc(O)cc3)c2)C(=O)O1. The van der Waals surface area contributed by atoms with Crippen molar-refractivity contribution in [1.29, 1.82) is 0 Å². The molecule has 3 rings (SSSR count). The van der Waals surface area contributed by atoms with Crippen LogP contribution in [0.4, 0.5) is 5.69 Å². The second kappa shape index (κ2) is 6.32. The standard InChI is InChI=1S/C19H17NO5/c1-19(2)24-17(22)16(18(23)25-19)11-20-14-5-3-4-13(10-14)12-6-8-15(21)9-7-12/h3-11,20-21H,1-2H3. The number of rotatable bonds is 3. The van der Waals surface area contributed by atoms with Crippen LogP contribution in [0, 0.1) is 0 Å². The molecule has 0 unspecified atom stereocenters. The molecule has 1 heterocycles. The summed E-state index contributed by atoms with van der Waals surface area (Å²) in [6.07, 6.45) is 1.27. The molecule has 2 N–H and O–H groups in total. The van der Waals surface area contributed by atoms with Gasteiger partial charge in [0.05, 0.1) is 0 Å². The van der Waals surface area contributed by atoms with Gasteiger partial charge >= 0.3 is 11.9 Å². The third-order valence-corrected chi connectivity index (χ3v) is 3.56. The van der Waals surface area contributed by atoms with Crippen molar-refractivity contribution in [3.63, 3.8) is 0 Å². The maximum atomic E-state index is 11.9. The second-order valence-corrected chi connectivity index (χ2v) is 6.01. The van der Waals surface area contributed by atoms with Crippen molar-refractivity contribution in [2.24, 2.45) is 0 Å². The van der Waals surface area contributed by atoms with Crippen LogP contribution in [0.1, 0.15) is 13.8 Å². The van der Waals surface area contributed by atoms with Crippen LogP contribution < -0.4 is 5.32 Å². The number of hydrogen-bond acceptors (Lipinski definition) is 6. The summed E-state index contributed by atoms with van der Waals surface area (Å²) in [6.45, 7) is 2.99. The Morgan fingerprint density at radius 1 is 0.960 bits per heavy atom. The molecule has 1 fully saturated rings. The Morgan fingerprint density at radius 2 is 1.60 bits per heavy atom. The average Bonchev–Trinajstić information content (AvgIpc) is 2.54. The first-order valence-corrected chi connectivity index (χ1v) is 7.67. The van der Waals surface area contributed by atoms with Crippen LogP contribution in [0.15, 0.2) is 60.3 Å². The molecule has 0 aromatic heterocycles. The summed E-state index contributed by atoms with van der Waals surface area (Å²) < 4.78 is 10.1. The van der Waals surface area contributed by atoms with Crippen molar-refractivity contribution in [1.82, 2.24) is 0 Å². The fourth-order valence-electron chi connectivity index (χ4n) is 2.38. The van der Waals surface area contributed by atoms with E-state index in [0.29, 0.717) is 5.69 Å².